The first-order chi connectivity index (χ1) is 15.2. The molecule has 3 heterocycles. The van der Waals surface area contributed by atoms with Crippen molar-refractivity contribution < 1.29 is 4.42 Å². The molecule has 1 aliphatic rings. The van der Waals surface area contributed by atoms with Crippen molar-refractivity contribution in [1.29, 1.82) is 0 Å². The number of anilines is 1. The second kappa shape index (κ2) is 8.40. The zero-order chi connectivity index (χ0) is 21.2. The molecule has 5 rings (SSSR count). The van der Waals surface area contributed by atoms with E-state index in [1.165, 1.54) is 0 Å². The van der Waals surface area contributed by atoms with Gasteiger partial charge in [-0.15, -0.1) is 5.10 Å². The summed E-state index contributed by atoms with van der Waals surface area (Å²) in [6.45, 7) is 5.93. The first-order valence-corrected chi connectivity index (χ1v) is 10.5. The van der Waals surface area contributed by atoms with E-state index in [2.05, 4.69) is 30.4 Å². The van der Waals surface area contributed by atoms with Crippen molar-refractivity contribution in [3.05, 3.63) is 65.0 Å². The number of hydrogen-bond acceptors (Lipinski definition) is 8. The summed E-state index contributed by atoms with van der Waals surface area (Å²) < 4.78 is 9.29. The molecule has 1 fully saturated rings. The van der Waals surface area contributed by atoms with Gasteiger partial charge in [-0.25, -0.2) is 4.68 Å². The molecule has 0 saturated carbocycles. The van der Waals surface area contributed by atoms with E-state index in [0.717, 1.165) is 48.9 Å². The fourth-order valence-electron chi connectivity index (χ4n) is 3.71. The molecule has 9 nitrogen and oxygen atoms in total. The molecular weight excluding hydrogens is 412 g/mol. The lowest BCUT2D eigenvalue weighted by molar-refractivity contribution is 0.191. The maximum atomic E-state index is 5.77. The van der Waals surface area contributed by atoms with Gasteiger partial charge in [0, 0.05) is 31.7 Å². The molecular formula is C21H22N8OS. The van der Waals surface area contributed by atoms with Crippen LogP contribution < -0.4 is 4.90 Å². The third kappa shape index (κ3) is 3.99. The summed E-state index contributed by atoms with van der Waals surface area (Å²) in [5.74, 6) is 1.31. The van der Waals surface area contributed by atoms with Gasteiger partial charge < -0.3 is 9.32 Å². The molecule has 0 N–H and O–H groups in total. The third-order valence-corrected chi connectivity index (χ3v) is 5.72. The number of nitrogens with zero attached hydrogens (tertiary/aromatic N) is 8. The quantitative estimate of drug-likeness (QED) is 0.444. The Labute approximate surface area is 184 Å². The summed E-state index contributed by atoms with van der Waals surface area (Å²) in [6.07, 6.45) is 0. The molecule has 0 spiro atoms. The van der Waals surface area contributed by atoms with Crippen molar-refractivity contribution in [2.24, 2.45) is 0 Å². The maximum Gasteiger partial charge on any atom is 0.288 e. The largest absolute Gasteiger partial charge is 0.409 e. The Kier molecular flexibility index (Phi) is 5.31. The van der Waals surface area contributed by atoms with Crippen LogP contribution in [0, 0.1) is 11.8 Å². The Morgan fingerprint density at radius 3 is 2.48 bits per heavy atom. The minimum Gasteiger partial charge on any atom is -0.409 e. The van der Waals surface area contributed by atoms with Crippen LogP contribution in [0.2, 0.25) is 0 Å². The monoisotopic (exact) mass is 434 g/mol. The maximum absolute atomic E-state index is 5.77. The fourth-order valence-corrected chi connectivity index (χ4v) is 3.89. The van der Waals surface area contributed by atoms with E-state index in [4.69, 9.17) is 16.6 Å². The van der Waals surface area contributed by atoms with Gasteiger partial charge in [0.2, 0.25) is 11.8 Å². The molecule has 0 unspecified atom stereocenters. The van der Waals surface area contributed by atoms with Gasteiger partial charge in [0.1, 0.15) is 0 Å². The van der Waals surface area contributed by atoms with Gasteiger partial charge in [-0.1, -0.05) is 41.5 Å². The lowest BCUT2D eigenvalue weighted by atomic mass is 10.1. The molecule has 1 aliphatic heterocycles. The van der Waals surface area contributed by atoms with Crippen molar-refractivity contribution in [3.63, 3.8) is 0 Å². The molecule has 158 valence electrons. The Morgan fingerprint density at radius 2 is 1.71 bits per heavy atom. The molecule has 1 saturated heterocycles. The van der Waals surface area contributed by atoms with Crippen LogP contribution >= 0.6 is 12.2 Å². The van der Waals surface area contributed by atoms with Crippen LogP contribution in [0.3, 0.4) is 0 Å². The number of aromatic nitrogens is 6. The van der Waals surface area contributed by atoms with E-state index in [-0.39, 0.29) is 0 Å². The first kappa shape index (κ1) is 19.6. The van der Waals surface area contributed by atoms with Crippen LogP contribution in [0.1, 0.15) is 5.56 Å². The molecule has 0 aliphatic carbocycles. The van der Waals surface area contributed by atoms with E-state index in [1.54, 1.807) is 9.36 Å². The Morgan fingerprint density at radius 1 is 0.968 bits per heavy atom. The molecule has 0 radical (unpaired) electrons. The molecule has 2 aromatic heterocycles. The number of hydrogen-bond donors (Lipinski definition) is 0. The van der Waals surface area contributed by atoms with Crippen molar-refractivity contribution >= 4 is 18.2 Å². The van der Waals surface area contributed by atoms with Gasteiger partial charge in [-0.2, -0.15) is 4.68 Å². The molecule has 31 heavy (non-hydrogen) atoms. The first-order valence-electron chi connectivity index (χ1n) is 10.1. The molecule has 0 atom stereocenters. The summed E-state index contributed by atoms with van der Waals surface area (Å²) in [4.78, 5) is 4.88. The zero-order valence-electron chi connectivity index (χ0n) is 17.1. The standard InChI is InChI=1S/C21H22N8OS/c1-16-7-5-6-10-18(16)19-23-28(21(31)30-19)15-26-11-13-27(14-12-26)20-22-24-25-29(20)17-8-3-2-4-9-17/h2-10H,11-15H2,1H3. The van der Waals surface area contributed by atoms with Crippen molar-refractivity contribution in [2.75, 3.05) is 31.1 Å². The number of tetrazole rings is 1. The van der Waals surface area contributed by atoms with E-state index in [1.807, 2.05) is 61.5 Å². The third-order valence-electron chi connectivity index (χ3n) is 5.42. The summed E-state index contributed by atoms with van der Waals surface area (Å²) in [6, 6.07) is 17.9. The van der Waals surface area contributed by atoms with Crippen LogP contribution in [-0.4, -0.2) is 61.1 Å². The summed E-state index contributed by atoms with van der Waals surface area (Å²) in [7, 11) is 0. The second-order valence-corrected chi connectivity index (χ2v) is 7.81. The normalized spacial score (nSPS) is 14.8. The van der Waals surface area contributed by atoms with Gasteiger partial charge in [-0.3, -0.25) is 4.90 Å². The van der Waals surface area contributed by atoms with Crippen LogP contribution in [0.25, 0.3) is 17.1 Å². The molecule has 0 bridgehead atoms. The minimum absolute atomic E-state index is 0.383. The lowest BCUT2D eigenvalue weighted by Gasteiger charge is -2.34. The summed E-state index contributed by atoms with van der Waals surface area (Å²) in [5, 5.41) is 16.9. The topological polar surface area (TPSA) is 81.0 Å². The SMILES string of the molecule is Cc1ccccc1-c1nn(CN2CCN(c3nnnn3-c3ccccc3)CC2)c(=S)o1. The van der Waals surface area contributed by atoms with Crippen LogP contribution in [-0.2, 0) is 6.67 Å². The Balaban J connectivity index is 1.26. The van der Waals surface area contributed by atoms with E-state index < -0.39 is 0 Å². The van der Waals surface area contributed by atoms with Crippen LogP contribution in [0.5, 0.6) is 0 Å². The highest BCUT2D eigenvalue weighted by Gasteiger charge is 2.23. The molecule has 0 amide bonds. The number of rotatable bonds is 5. The van der Waals surface area contributed by atoms with Crippen LogP contribution in [0.4, 0.5) is 5.95 Å². The van der Waals surface area contributed by atoms with Gasteiger partial charge in [0.05, 0.1) is 12.4 Å². The van der Waals surface area contributed by atoms with Gasteiger partial charge in [0.15, 0.2) is 0 Å². The fraction of sp³-hybridized carbons (Fsp3) is 0.286. The highest BCUT2D eigenvalue weighted by molar-refractivity contribution is 7.71. The van der Waals surface area contributed by atoms with Crippen molar-refractivity contribution in [1.82, 2.24) is 34.9 Å². The lowest BCUT2D eigenvalue weighted by Crippen LogP contribution is -2.47. The predicted molar refractivity (Wildman–Crippen MR) is 118 cm³/mol. The van der Waals surface area contributed by atoms with E-state index >= 15 is 0 Å². The number of benzene rings is 2. The smallest absolute Gasteiger partial charge is 0.288 e. The molecule has 4 aromatic rings. The Hall–Kier alpha value is -3.37. The predicted octanol–water partition coefficient (Wildman–Crippen LogP) is 2.94. The van der Waals surface area contributed by atoms with Crippen molar-refractivity contribution in [3.8, 4) is 17.1 Å². The Bertz CT molecular complexity index is 1220. The zero-order valence-corrected chi connectivity index (χ0v) is 17.9. The minimum atomic E-state index is 0.383. The number of aryl methyl sites for hydroxylation is 1. The molecule has 10 heteroatoms. The number of para-hydroxylation sites is 1. The van der Waals surface area contributed by atoms with Gasteiger partial charge in [0.25, 0.3) is 4.84 Å². The summed E-state index contributed by atoms with van der Waals surface area (Å²) >= 11 is 5.41. The second-order valence-electron chi connectivity index (χ2n) is 7.46. The van der Waals surface area contributed by atoms with Crippen molar-refractivity contribution in [2.45, 2.75) is 13.6 Å². The summed E-state index contributed by atoms with van der Waals surface area (Å²) in [5.41, 5.74) is 3.02. The highest BCUT2D eigenvalue weighted by Crippen LogP contribution is 2.22. The van der Waals surface area contributed by atoms with Crippen LogP contribution in [0.15, 0.2) is 59.0 Å². The number of piperazine rings is 1. The van der Waals surface area contributed by atoms with Gasteiger partial charge >= 0.3 is 0 Å². The molecule has 2 aromatic carbocycles. The highest BCUT2D eigenvalue weighted by atomic mass is 32.1. The van der Waals surface area contributed by atoms with E-state index in [9.17, 15) is 0 Å². The average molecular weight is 435 g/mol. The van der Waals surface area contributed by atoms with E-state index in [0.29, 0.717) is 17.4 Å². The average Bonchev–Trinajstić information content (AvgIpc) is 3.43. The van der Waals surface area contributed by atoms with Gasteiger partial charge in [-0.05, 0) is 53.3 Å².